The molecule has 0 bridgehead atoms. The van der Waals surface area contributed by atoms with E-state index in [1.165, 1.54) is 11.5 Å². The van der Waals surface area contributed by atoms with Gasteiger partial charge in [-0.1, -0.05) is 23.7 Å². The number of anilines is 1. The van der Waals surface area contributed by atoms with Crippen LogP contribution in [0.4, 0.5) is 6.01 Å². The van der Waals surface area contributed by atoms with Crippen LogP contribution in [0.5, 0.6) is 0 Å². The van der Waals surface area contributed by atoms with E-state index in [2.05, 4.69) is 4.98 Å². The van der Waals surface area contributed by atoms with Crippen molar-refractivity contribution in [2.45, 2.75) is 6.92 Å². The minimum Gasteiger partial charge on any atom is -0.466 e. The highest BCUT2D eigenvalue weighted by Gasteiger charge is 2.59. The second-order valence-electron chi connectivity index (χ2n) is 7.80. The first-order valence-corrected chi connectivity index (χ1v) is 10.5. The molecule has 0 radical (unpaired) electrons. The molecule has 1 atom stereocenters. The quantitative estimate of drug-likeness (QED) is 0.610. The van der Waals surface area contributed by atoms with E-state index in [-0.39, 0.29) is 23.2 Å². The summed E-state index contributed by atoms with van der Waals surface area (Å²) < 4.78 is 13.1. The number of hydrogen-bond donors (Lipinski definition) is 0. The number of likely N-dealkylation sites (tertiary alicyclic amines) is 1. The predicted molar refractivity (Wildman–Crippen MR) is 108 cm³/mol. The first-order valence-electron chi connectivity index (χ1n) is 9.68. The fourth-order valence-electron chi connectivity index (χ4n) is 4.43. The van der Waals surface area contributed by atoms with Gasteiger partial charge in [-0.3, -0.25) is 9.59 Å². The number of nitrogens with zero attached hydrogens (tertiary/aromatic N) is 4. The Bertz CT molecular complexity index is 1030. The highest BCUT2D eigenvalue weighted by atomic mass is 32.1. The Hall–Kier alpha value is -2.81. The van der Waals surface area contributed by atoms with Gasteiger partial charge in [-0.05, 0) is 19.1 Å². The molecule has 0 saturated carbocycles. The van der Waals surface area contributed by atoms with Gasteiger partial charge in [0.25, 0.3) is 11.9 Å². The Balaban J connectivity index is 1.37. The maximum atomic E-state index is 12.8. The third kappa shape index (κ3) is 2.91. The van der Waals surface area contributed by atoms with Crippen LogP contribution >= 0.6 is 11.5 Å². The fraction of sp³-hybridized carbons (Fsp3) is 0.450. The number of hydrogen-bond acceptors (Lipinski definition) is 7. The smallest absolute Gasteiger partial charge is 0.311 e. The summed E-state index contributed by atoms with van der Waals surface area (Å²) in [5.74, 6) is -0.581. The lowest BCUT2D eigenvalue weighted by Crippen LogP contribution is -2.62. The highest BCUT2D eigenvalue weighted by Crippen LogP contribution is 2.46. The zero-order valence-corrected chi connectivity index (χ0v) is 17.1. The van der Waals surface area contributed by atoms with Crippen molar-refractivity contribution in [3.05, 3.63) is 35.3 Å². The van der Waals surface area contributed by atoms with Gasteiger partial charge in [0.05, 0.1) is 12.5 Å². The summed E-state index contributed by atoms with van der Waals surface area (Å²) in [7, 11) is 1.90. The van der Waals surface area contributed by atoms with E-state index in [4.69, 9.17) is 9.15 Å². The number of carbonyl (C=O) groups excluding carboxylic acids is 2. The summed E-state index contributed by atoms with van der Waals surface area (Å²) in [5.41, 5.74) is 1.22. The van der Waals surface area contributed by atoms with Gasteiger partial charge in [-0.15, -0.1) is 0 Å². The summed E-state index contributed by atoms with van der Waals surface area (Å²) in [5, 5.41) is 0. The molecule has 29 heavy (non-hydrogen) atoms. The molecule has 1 spiro atoms. The van der Waals surface area contributed by atoms with E-state index in [9.17, 15) is 9.59 Å². The lowest BCUT2D eigenvalue weighted by molar-refractivity contribution is -0.151. The zero-order chi connectivity index (χ0) is 20.2. The van der Waals surface area contributed by atoms with Crippen molar-refractivity contribution < 1.29 is 18.7 Å². The average molecular weight is 414 g/mol. The number of carbonyl (C=O) groups is 2. The van der Waals surface area contributed by atoms with Gasteiger partial charge in [0.2, 0.25) is 0 Å². The standard InChI is InChI=1S/C20H22N4O4S/c1-3-27-18(26)13-8-23(17(25)16-9-22(2)29-16)10-20(13)11-24(12-20)19-21-14-6-4-5-7-15(14)28-19/h4-7,9,13H,3,8,10-12H2,1-2H3. The number of esters is 1. The highest BCUT2D eigenvalue weighted by molar-refractivity contribution is 7.09. The van der Waals surface area contributed by atoms with Crippen molar-refractivity contribution in [2.75, 3.05) is 37.7 Å². The van der Waals surface area contributed by atoms with Crippen LogP contribution in [0.15, 0.2) is 34.9 Å². The predicted octanol–water partition coefficient (Wildman–Crippen LogP) is 2.37. The maximum absolute atomic E-state index is 12.8. The second kappa shape index (κ2) is 6.62. The van der Waals surface area contributed by atoms with Crippen LogP contribution in [-0.2, 0) is 16.6 Å². The Morgan fingerprint density at radius 2 is 2.07 bits per heavy atom. The average Bonchev–Trinajstić information content (AvgIpc) is 3.25. The van der Waals surface area contributed by atoms with Gasteiger partial charge in [0, 0.05) is 44.8 Å². The normalized spacial score (nSPS) is 20.4. The fourth-order valence-corrected chi connectivity index (χ4v) is 5.15. The molecule has 2 saturated heterocycles. The molecule has 9 heteroatoms. The molecule has 0 N–H and O–H groups in total. The summed E-state index contributed by atoms with van der Waals surface area (Å²) >= 11 is 1.42. The van der Waals surface area contributed by atoms with Gasteiger partial charge in [0.15, 0.2) is 5.58 Å². The van der Waals surface area contributed by atoms with E-state index < -0.39 is 0 Å². The number of aromatic nitrogens is 2. The molecule has 2 aromatic heterocycles. The molecule has 0 aliphatic carbocycles. The van der Waals surface area contributed by atoms with Crippen LogP contribution in [0.1, 0.15) is 16.6 Å². The third-order valence-electron chi connectivity index (χ3n) is 5.82. The Labute approximate surface area is 171 Å². The van der Waals surface area contributed by atoms with Gasteiger partial charge in [-0.25, -0.2) is 0 Å². The molecule has 1 aromatic carbocycles. The van der Waals surface area contributed by atoms with E-state index in [0.717, 1.165) is 11.1 Å². The van der Waals surface area contributed by atoms with Gasteiger partial charge >= 0.3 is 5.97 Å². The lowest BCUT2D eigenvalue weighted by Gasteiger charge is -2.49. The number of para-hydroxylation sites is 2. The molecule has 3 aromatic rings. The minimum absolute atomic E-state index is 0.0143. The topological polar surface area (TPSA) is 80.8 Å². The molecule has 2 aliphatic rings. The third-order valence-corrected chi connectivity index (χ3v) is 6.69. The van der Waals surface area contributed by atoms with Crippen LogP contribution < -0.4 is 4.90 Å². The van der Waals surface area contributed by atoms with Crippen LogP contribution in [0, 0.1) is 11.3 Å². The lowest BCUT2D eigenvalue weighted by atomic mass is 9.71. The molecule has 8 nitrogen and oxygen atoms in total. The molecule has 1 amide bonds. The summed E-state index contributed by atoms with van der Waals surface area (Å²) in [6, 6.07) is 8.20. The number of aryl methyl sites for hydroxylation is 1. The number of fused-ring (bicyclic) bond motifs is 1. The summed E-state index contributed by atoms with van der Waals surface area (Å²) in [6.07, 6.45) is 1.82. The Kier molecular flexibility index (Phi) is 4.16. The van der Waals surface area contributed by atoms with E-state index in [0.29, 0.717) is 43.7 Å². The van der Waals surface area contributed by atoms with E-state index in [1.54, 1.807) is 11.8 Å². The first-order chi connectivity index (χ1) is 14.0. The molecule has 2 fully saturated rings. The van der Waals surface area contributed by atoms with Crippen molar-refractivity contribution >= 4 is 40.5 Å². The van der Waals surface area contributed by atoms with Crippen LogP contribution in [0.2, 0.25) is 0 Å². The van der Waals surface area contributed by atoms with Gasteiger partial charge in [-0.2, -0.15) is 4.98 Å². The van der Waals surface area contributed by atoms with Crippen LogP contribution in [-0.4, -0.2) is 58.5 Å². The Morgan fingerprint density at radius 3 is 2.76 bits per heavy atom. The molecule has 4 heterocycles. The van der Waals surface area contributed by atoms with Crippen LogP contribution in [0.3, 0.4) is 0 Å². The van der Waals surface area contributed by atoms with Gasteiger partial charge in [0.1, 0.15) is 10.4 Å². The van der Waals surface area contributed by atoms with E-state index >= 15 is 0 Å². The van der Waals surface area contributed by atoms with E-state index in [1.807, 2.05) is 46.4 Å². The van der Waals surface area contributed by atoms with Crippen LogP contribution in [0.25, 0.3) is 11.1 Å². The maximum Gasteiger partial charge on any atom is 0.311 e. The molecular weight excluding hydrogens is 392 g/mol. The molecule has 152 valence electrons. The summed E-state index contributed by atoms with van der Waals surface area (Å²) in [4.78, 5) is 34.6. The molecule has 5 rings (SSSR count). The van der Waals surface area contributed by atoms with Gasteiger partial charge < -0.3 is 22.9 Å². The van der Waals surface area contributed by atoms with Crippen molar-refractivity contribution in [3.8, 4) is 0 Å². The monoisotopic (exact) mass is 414 g/mol. The zero-order valence-electron chi connectivity index (χ0n) is 16.3. The number of ether oxygens (including phenoxy) is 1. The number of benzene rings is 1. The largest absolute Gasteiger partial charge is 0.466 e. The Morgan fingerprint density at radius 1 is 1.31 bits per heavy atom. The number of oxazole rings is 1. The van der Waals surface area contributed by atoms with Crippen molar-refractivity contribution in [2.24, 2.45) is 18.4 Å². The molecular formula is C20H22N4O4S. The first kappa shape index (κ1) is 18.2. The number of amides is 1. The van der Waals surface area contributed by atoms with Crippen molar-refractivity contribution in [1.29, 1.82) is 0 Å². The van der Waals surface area contributed by atoms with Crippen molar-refractivity contribution in [1.82, 2.24) is 13.8 Å². The number of rotatable bonds is 4. The summed E-state index contributed by atoms with van der Waals surface area (Å²) in [6.45, 7) is 4.28. The molecule has 2 aliphatic heterocycles. The second-order valence-corrected chi connectivity index (χ2v) is 9.00. The molecule has 1 unspecified atom stereocenters. The van der Waals surface area contributed by atoms with Crippen molar-refractivity contribution in [3.63, 3.8) is 0 Å². The SMILES string of the molecule is CCOC(=O)C1CN(C(=O)c2cn(C)s2)CC12CN(c1nc3ccccc3o1)C2. The minimum atomic E-state index is -0.338.